The van der Waals surface area contributed by atoms with Gasteiger partial charge in [0, 0.05) is 4.88 Å². The lowest BCUT2D eigenvalue weighted by Gasteiger charge is -2.33. The van der Waals surface area contributed by atoms with Crippen LogP contribution in [0.5, 0.6) is 0 Å². The summed E-state index contributed by atoms with van der Waals surface area (Å²) in [5, 5.41) is 2.84. The van der Waals surface area contributed by atoms with Crippen LogP contribution < -0.4 is 11.1 Å². The van der Waals surface area contributed by atoms with E-state index < -0.39 is 17.8 Å². The van der Waals surface area contributed by atoms with E-state index in [4.69, 9.17) is 5.73 Å². The monoisotopic (exact) mass is 352 g/mol. The maximum Gasteiger partial charge on any atom is 0.397 e. The number of hydrogen-bond acceptors (Lipinski definition) is 5. The molecule has 0 bridgehead atoms. The molecule has 1 heterocycles. The van der Waals surface area contributed by atoms with Gasteiger partial charge in [-0.15, -0.1) is 11.3 Å². The van der Waals surface area contributed by atoms with Crippen molar-refractivity contribution in [2.45, 2.75) is 47.0 Å². The van der Waals surface area contributed by atoms with Crippen molar-refractivity contribution in [3.8, 4) is 0 Å². The highest BCUT2D eigenvalue weighted by Crippen LogP contribution is 2.44. The zero-order valence-electron chi connectivity index (χ0n) is 14.5. The second-order valence-corrected chi connectivity index (χ2v) is 8.16. The summed E-state index contributed by atoms with van der Waals surface area (Å²) in [6.45, 7) is 8.34. The summed E-state index contributed by atoms with van der Waals surface area (Å²) in [6.07, 6.45) is 2.57. The number of rotatable bonds is 3. The molecule has 0 aromatic carbocycles. The van der Waals surface area contributed by atoms with Gasteiger partial charge in [0.25, 0.3) is 5.91 Å². The smallest absolute Gasteiger partial charge is 0.397 e. The second kappa shape index (κ2) is 6.93. The number of ether oxygens (including phenoxy) is 1. The Bertz CT molecular complexity index is 673. The van der Waals surface area contributed by atoms with Gasteiger partial charge in [-0.05, 0) is 43.1 Å². The predicted octanol–water partition coefficient (Wildman–Crippen LogP) is 2.50. The van der Waals surface area contributed by atoms with Crippen molar-refractivity contribution in [3.05, 3.63) is 16.0 Å². The van der Waals surface area contributed by atoms with Crippen molar-refractivity contribution in [2.75, 3.05) is 11.9 Å². The van der Waals surface area contributed by atoms with Gasteiger partial charge in [0.1, 0.15) is 5.00 Å². The van der Waals surface area contributed by atoms with Crippen molar-refractivity contribution >= 4 is 34.1 Å². The molecule has 0 saturated heterocycles. The molecule has 0 radical (unpaired) electrons. The Balaban J connectivity index is 2.31. The van der Waals surface area contributed by atoms with E-state index in [9.17, 15) is 14.4 Å². The van der Waals surface area contributed by atoms with Crippen LogP contribution in [-0.4, -0.2) is 24.4 Å². The number of hydrogen-bond donors (Lipinski definition) is 2. The van der Waals surface area contributed by atoms with E-state index in [0.29, 0.717) is 16.5 Å². The molecular weight excluding hydrogens is 328 g/mol. The third-order valence-corrected chi connectivity index (χ3v) is 5.59. The van der Waals surface area contributed by atoms with Crippen molar-refractivity contribution in [2.24, 2.45) is 17.1 Å². The molecule has 1 aliphatic rings. The summed E-state index contributed by atoms with van der Waals surface area (Å²) < 4.78 is 4.68. The predicted molar refractivity (Wildman–Crippen MR) is 93.1 cm³/mol. The van der Waals surface area contributed by atoms with Gasteiger partial charge in [-0.2, -0.15) is 0 Å². The summed E-state index contributed by atoms with van der Waals surface area (Å²) in [4.78, 5) is 36.3. The number of esters is 1. The maximum atomic E-state index is 11.9. The molecule has 2 amide bonds. The fourth-order valence-electron chi connectivity index (χ4n) is 3.02. The van der Waals surface area contributed by atoms with Crippen LogP contribution in [0.4, 0.5) is 5.00 Å². The molecule has 3 N–H and O–H groups in total. The number of amides is 2. The van der Waals surface area contributed by atoms with E-state index in [1.807, 2.05) is 0 Å². The first-order chi connectivity index (χ1) is 11.1. The highest BCUT2D eigenvalue weighted by atomic mass is 32.1. The van der Waals surface area contributed by atoms with E-state index in [2.05, 4.69) is 30.8 Å². The maximum absolute atomic E-state index is 11.9. The molecule has 24 heavy (non-hydrogen) atoms. The van der Waals surface area contributed by atoms with Gasteiger partial charge in [-0.1, -0.05) is 20.8 Å². The summed E-state index contributed by atoms with van der Waals surface area (Å²) >= 11 is 1.33. The molecule has 132 valence electrons. The molecule has 0 fully saturated rings. The average Bonchev–Trinajstić information content (AvgIpc) is 2.83. The van der Waals surface area contributed by atoms with Crippen LogP contribution >= 0.6 is 11.3 Å². The van der Waals surface area contributed by atoms with Crippen LogP contribution in [-0.2, 0) is 27.2 Å². The summed E-state index contributed by atoms with van der Waals surface area (Å²) in [6, 6.07) is 0. The second-order valence-electron chi connectivity index (χ2n) is 7.05. The Morgan fingerprint density at radius 1 is 1.33 bits per heavy atom. The van der Waals surface area contributed by atoms with E-state index in [1.165, 1.54) is 11.3 Å². The largest absolute Gasteiger partial charge is 0.459 e. The van der Waals surface area contributed by atoms with Crippen LogP contribution in [0.15, 0.2) is 0 Å². The van der Waals surface area contributed by atoms with Gasteiger partial charge in [-0.3, -0.25) is 9.59 Å². The Hall–Kier alpha value is -1.89. The van der Waals surface area contributed by atoms with Crippen LogP contribution in [0.2, 0.25) is 0 Å². The lowest BCUT2D eigenvalue weighted by molar-refractivity contribution is -0.152. The lowest BCUT2D eigenvalue weighted by atomic mass is 9.72. The molecule has 0 spiro atoms. The number of nitrogens with one attached hydrogen (secondary N) is 1. The SMILES string of the molecule is CCOC(=O)C(=O)Nc1sc2c(c1C(N)=O)CCC(C(C)(C)C)C2. The highest BCUT2D eigenvalue weighted by Gasteiger charge is 2.34. The first-order valence-electron chi connectivity index (χ1n) is 8.07. The molecule has 1 atom stereocenters. The molecule has 1 unspecified atom stereocenters. The van der Waals surface area contributed by atoms with Crippen LogP contribution in [0.25, 0.3) is 0 Å². The van der Waals surface area contributed by atoms with Crippen LogP contribution in [0.3, 0.4) is 0 Å². The molecule has 6 nitrogen and oxygen atoms in total. The van der Waals surface area contributed by atoms with E-state index in [-0.39, 0.29) is 12.0 Å². The van der Waals surface area contributed by atoms with Gasteiger partial charge in [0.15, 0.2) is 0 Å². The normalized spacial score (nSPS) is 17.1. The van der Waals surface area contributed by atoms with Crippen molar-refractivity contribution in [1.82, 2.24) is 0 Å². The summed E-state index contributed by atoms with van der Waals surface area (Å²) in [5.41, 5.74) is 6.93. The van der Waals surface area contributed by atoms with Gasteiger partial charge in [0.05, 0.1) is 12.2 Å². The third-order valence-electron chi connectivity index (χ3n) is 4.42. The van der Waals surface area contributed by atoms with Gasteiger partial charge in [-0.25, -0.2) is 4.79 Å². The minimum Gasteiger partial charge on any atom is -0.459 e. The minimum atomic E-state index is -0.966. The number of fused-ring (bicyclic) bond motifs is 1. The molecule has 1 aromatic heterocycles. The van der Waals surface area contributed by atoms with E-state index in [1.54, 1.807) is 6.92 Å². The molecule has 7 heteroatoms. The lowest BCUT2D eigenvalue weighted by Crippen LogP contribution is -2.27. The number of carbonyl (C=O) groups is 3. The van der Waals surface area contributed by atoms with Gasteiger partial charge in [0.2, 0.25) is 0 Å². The zero-order chi connectivity index (χ0) is 18.1. The Labute approximate surface area is 145 Å². The third kappa shape index (κ3) is 3.77. The van der Waals surface area contributed by atoms with E-state index in [0.717, 1.165) is 29.7 Å². The fourth-order valence-corrected chi connectivity index (χ4v) is 4.35. The minimum absolute atomic E-state index is 0.114. The number of primary amides is 1. The standard InChI is InChI=1S/C17H24N2O4S/c1-5-23-16(22)14(21)19-15-12(13(18)20)10-7-6-9(17(2,3)4)8-11(10)24-15/h9H,5-8H2,1-4H3,(H2,18,20)(H,19,21). The first-order valence-corrected chi connectivity index (χ1v) is 8.89. The number of thiophene rings is 1. The van der Waals surface area contributed by atoms with Crippen molar-refractivity contribution in [3.63, 3.8) is 0 Å². The summed E-state index contributed by atoms with van der Waals surface area (Å²) in [5.74, 6) is -1.93. The molecule has 1 aromatic rings. The Morgan fingerprint density at radius 3 is 2.54 bits per heavy atom. The molecular formula is C17H24N2O4S. The summed E-state index contributed by atoms with van der Waals surface area (Å²) in [7, 11) is 0. The molecule has 0 saturated carbocycles. The zero-order valence-corrected chi connectivity index (χ0v) is 15.3. The average molecular weight is 352 g/mol. The molecule has 1 aliphatic carbocycles. The number of nitrogens with two attached hydrogens (primary N) is 1. The van der Waals surface area contributed by atoms with E-state index >= 15 is 0 Å². The Kier molecular flexibility index (Phi) is 5.32. The van der Waals surface area contributed by atoms with Crippen molar-refractivity contribution in [1.29, 1.82) is 0 Å². The Morgan fingerprint density at radius 2 is 2.00 bits per heavy atom. The van der Waals surface area contributed by atoms with Crippen LogP contribution in [0, 0.1) is 11.3 Å². The highest BCUT2D eigenvalue weighted by molar-refractivity contribution is 7.17. The quantitative estimate of drug-likeness (QED) is 0.645. The molecule has 2 rings (SSSR count). The number of anilines is 1. The van der Waals surface area contributed by atoms with Gasteiger partial charge >= 0.3 is 11.9 Å². The first kappa shape index (κ1) is 18.4. The number of carbonyl (C=O) groups excluding carboxylic acids is 3. The van der Waals surface area contributed by atoms with Crippen LogP contribution in [0.1, 0.15) is 54.9 Å². The van der Waals surface area contributed by atoms with Gasteiger partial charge < -0.3 is 15.8 Å². The van der Waals surface area contributed by atoms with Crippen molar-refractivity contribution < 1.29 is 19.1 Å². The molecule has 0 aliphatic heterocycles. The fraction of sp³-hybridized carbons (Fsp3) is 0.588. The topological polar surface area (TPSA) is 98.5 Å².